The molecule has 2 aromatic carbocycles. The third-order valence-electron chi connectivity index (χ3n) is 4.36. The topological polar surface area (TPSA) is 61.4 Å². The number of carbonyl (C=O) groups excluding carboxylic acids is 1. The normalized spacial score (nSPS) is 11.7. The van der Waals surface area contributed by atoms with Gasteiger partial charge in [0.1, 0.15) is 19.0 Å². The molecule has 5 heteroatoms. The van der Waals surface area contributed by atoms with Crippen LogP contribution in [0.4, 0.5) is 0 Å². The summed E-state index contributed by atoms with van der Waals surface area (Å²) in [4.78, 5) is 12.0. The van der Waals surface area contributed by atoms with E-state index in [0.29, 0.717) is 19.6 Å². The molecule has 0 amide bonds. The lowest BCUT2D eigenvalue weighted by Crippen LogP contribution is -2.84. The summed E-state index contributed by atoms with van der Waals surface area (Å²) in [7, 11) is 1.64. The molecule has 1 atom stereocenters. The van der Waals surface area contributed by atoms with Crippen molar-refractivity contribution in [1.82, 2.24) is 0 Å². The maximum Gasteiger partial charge on any atom is 0.312 e. The van der Waals surface area contributed by atoms with Gasteiger partial charge in [0.15, 0.2) is 11.5 Å². The number of methoxy groups -OCH3 is 1. The van der Waals surface area contributed by atoms with Crippen LogP contribution in [0.15, 0.2) is 42.5 Å². The third kappa shape index (κ3) is 6.29. The number of esters is 1. The molecule has 2 aromatic rings. The Morgan fingerprint density at radius 2 is 1.78 bits per heavy atom. The number of nitrogens with two attached hydrogens (primary N) is 1. The van der Waals surface area contributed by atoms with Crippen LogP contribution in [0.1, 0.15) is 43.0 Å². The van der Waals surface area contributed by atoms with Crippen LogP contribution in [0.25, 0.3) is 0 Å². The average molecular weight is 372 g/mol. The van der Waals surface area contributed by atoms with Gasteiger partial charge in [-0.1, -0.05) is 29.8 Å². The Kier molecular flexibility index (Phi) is 8.14. The van der Waals surface area contributed by atoms with Gasteiger partial charge in [0.2, 0.25) is 0 Å². The van der Waals surface area contributed by atoms with Crippen molar-refractivity contribution in [2.45, 2.75) is 39.8 Å². The molecule has 0 radical (unpaired) electrons. The number of hydrogen-bond acceptors (Lipinski definition) is 4. The van der Waals surface area contributed by atoms with E-state index in [1.54, 1.807) is 7.11 Å². The van der Waals surface area contributed by atoms with Crippen LogP contribution < -0.4 is 14.8 Å². The van der Waals surface area contributed by atoms with Crippen molar-refractivity contribution in [3.63, 3.8) is 0 Å². The smallest absolute Gasteiger partial charge is 0.312 e. The lowest BCUT2D eigenvalue weighted by atomic mass is 10.0. The number of carbonyl (C=O) groups is 1. The Bertz CT molecular complexity index is 728. The molecule has 0 aliphatic carbocycles. The monoisotopic (exact) mass is 372 g/mol. The first-order valence-electron chi connectivity index (χ1n) is 9.42. The minimum atomic E-state index is -0.177. The van der Waals surface area contributed by atoms with Crippen molar-refractivity contribution in [2.75, 3.05) is 20.3 Å². The highest BCUT2D eigenvalue weighted by atomic mass is 16.5. The molecule has 0 bridgehead atoms. The summed E-state index contributed by atoms with van der Waals surface area (Å²) < 4.78 is 16.2. The van der Waals surface area contributed by atoms with Gasteiger partial charge < -0.3 is 19.5 Å². The third-order valence-corrected chi connectivity index (χ3v) is 4.36. The lowest BCUT2D eigenvalue weighted by molar-refractivity contribution is -0.710. The maximum absolute atomic E-state index is 12.0. The number of aryl methyl sites for hydroxylation is 1. The van der Waals surface area contributed by atoms with Crippen molar-refractivity contribution in [3.8, 4) is 11.5 Å². The van der Waals surface area contributed by atoms with Gasteiger partial charge >= 0.3 is 5.97 Å². The minimum Gasteiger partial charge on any atom is -0.493 e. The highest BCUT2D eigenvalue weighted by molar-refractivity contribution is 5.70. The Hall–Kier alpha value is -2.53. The van der Waals surface area contributed by atoms with E-state index in [-0.39, 0.29) is 12.0 Å². The molecule has 2 N–H and O–H groups in total. The van der Waals surface area contributed by atoms with Gasteiger partial charge in [0.25, 0.3) is 0 Å². The lowest BCUT2D eigenvalue weighted by Gasteiger charge is -2.17. The Morgan fingerprint density at radius 3 is 2.41 bits per heavy atom. The van der Waals surface area contributed by atoms with E-state index in [2.05, 4.69) is 36.5 Å². The van der Waals surface area contributed by atoms with Gasteiger partial charge in [-0.2, -0.15) is 0 Å². The Balaban J connectivity index is 2.13. The first kappa shape index (κ1) is 20.8. The quantitative estimate of drug-likeness (QED) is 0.651. The SMILES string of the molecule is CCOC(=O)C[C@@H]([NH2+]Cc1ccc(OC)c(OCC)c1)c1ccc(C)cc1. The molecule has 0 saturated carbocycles. The maximum atomic E-state index is 12.0. The van der Waals surface area contributed by atoms with Gasteiger partial charge in [-0.25, -0.2) is 0 Å². The molecule has 27 heavy (non-hydrogen) atoms. The van der Waals surface area contributed by atoms with Gasteiger partial charge in [-0.05, 0) is 39.0 Å². The molecule has 0 spiro atoms. The van der Waals surface area contributed by atoms with Crippen LogP contribution in [-0.4, -0.2) is 26.3 Å². The van der Waals surface area contributed by atoms with Gasteiger partial charge in [-0.3, -0.25) is 4.79 Å². The van der Waals surface area contributed by atoms with E-state index in [1.165, 1.54) is 5.56 Å². The summed E-state index contributed by atoms with van der Waals surface area (Å²) >= 11 is 0. The molecule has 0 unspecified atom stereocenters. The number of ether oxygens (including phenoxy) is 3. The first-order chi connectivity index (χ1) is 13.1. The predicted octanol–water partition coefficient (Wildman–Crippen LogP) is 3.16. The minimum absolute atomic E-state index is 0.00213. The molecule has 0 heterocycles. The highest BCUT2D eigenvalue weighted by Gasteiger charge is 2.20. The zero-order chi connectivity index (χ0) is 19.6. The summed E-state index contributed by atoms with van der Waals surface area (Å²) in [5.41, 5.74) is 3.43. The molecule has 0 aromatic heterocycles. The van der Waals surface area contributed by atoms with Crippen molar-refractivity contribution in [3.05, 3.63) is 59.2 Å². The molecule has 146 valence electrons. The largest absolute Gasteiger partial charge is 0.493 e. The van der Waals surface area contributed by atoms with Crippen LogP contribution in [0, 0.1) is 6.92 Å². The van der Waals surface area contributed by atoms with Crippen LogP contribution >= 0.6 is 0 Å². The number of benzene rings is 2. The second kappa shape index (κ2) is 10.6. The van der Waals surface area contributed by atoms with Crippen LogP contribution in [-0.2, 0) is 16.1 Å². The molecule has 2 rings (SSSR count). The molecule has 0 fully saturated rings. The van der Waals surface area contributed by atoms with Gasteiger partial charge in [-0.15, -0.1) is 0 Å². The van der Waals surface area contributed by atoms with E-state index in [4.69, 9.17) is 14.2 Å². The molecule has 0 aliphatic rings. The molecule has 5 nitrogen and oxygen atoms in total. The number of hydrogen-bond donors (Lipinski definition) is 1. The second-order valence-corrected chi connectivity index (χ2v) is 6.38. The van der Waals surface area contributed by atoms with Crippen LogP contribution in [0.3, 0.4) is 0 Å². The summed E-state index contributed by atoms with van der Waals surface area (Å²) in [6.07, 6.45) is 0.339. The van der Waals surface area contributed by atoms with E-state index < -0.39 is 0 Å². The van der Waals surface area contributed by atoms with Crippen molar-refractivity contribution in [2.24, 2.45) is 0 Å². The Morgan fingerprint density at radius 1 is 1.04 bits per heavy atom. The number of quaternary nitrogens is 1. The molecule has 0 aliphatic heterocycles. The van der Waals surface area contributed by atoms with Crippen molar-refractivity contribution >= 4 is 5.97 Å². The van der Waals surface area contributed by atoms with Crippen molar-refractivity contribution < 1.29 is 24.3 Å². The predicted molar refractivity (Wildman–Crippen MR) is 105 cm³/mol. The first-order valence-corrected chi connectivity index (χ1v) is 9.42. The molecule has 0 saturated heterocycles. The highest BCUT2D eigenvalue weighted by Crippen LogP contribution is 2.27. The average Bonchev–Trinajstić information content (AvgIpc) is 2.66. The van der Waals surface area contributed by atoms with Gasteiger partial charge in [0.05, 0.1) is 20.3 Å². The van der Waals surface area contributed by atoms with Crippen molar-refractivity contribution in [1.29, 1.82) is 0 Å². The van der Waals surface area contributed by atoms with Crippen LogP contribution in [0.5, 0.6) is 11.5 Å². The fourth-order valence-electron chi connectivity index (χ4n) is 2.95. The van der Waals surface area contributed by atoms with Gasteiger partial charge in [0, 0.05) is 11.1 Å². The van der Waals surface area contributed by atoms with E-state index >= 15 is 0 Å². The van der Waals surface area contributed by atoms with Crippen LogP contribution in [0.2, 0.25) is 0 Å². The van der Waals surface area contributed by atoms with E-state index in [0.717, 1.165) is 29.2 Å². The summed E-state index contributed by atoms with van der Waals surface area (Å²) in [6.45, 7) is 7.54. The van der Waals surface area contributed by atoms with E-state index in [9.17, 15) is 4.79 Å². The molecular weight excluding hydrogens is 342 g/mol. The standard InChI is InChI=1S/C22H29NO4/c1-5-26-21-13-17(9-12-20(21)25-4)15-23-19(14-22(24)27-6-2)18-10-7-16(3)8-11-18/h7-13,19,23H,5-6,14-15H2,1-4H3/p+1/t19-/m1/s1. The van der Waals surface area contributed by atoms with E-state index in [1.807, 2.05) is 32.0 Å². The fourth-order valence-corrected chi connectivity index (χ4v) is 2.95. The summed E-state index contributed by atoms with van der Waals surface area (Å²) in [5.74, 6) is 1.29. The second-order valence-electron chi connectivity index (χ2n) is 6.38. The zero-order valence-electron chi connectivity index (χ0n) is 16.7. The summed E-state index contributed by atoms with van der Waals surface area (Å²) in [5, 5.41) is 2.17. The molecular formula is C22H30NO4+. The summed E-state index contributed by atoms with van der Waals surface area (Å²) in [6, 6.07) is 14.2. The Labute approximate surface area is 161 Å². The fraction of sp³-hybridized carbons (Fsp3) is 0.409. The zero-order valence-corrected chi connectivity index (χ0v) is 16.7. The number of rotatable bonds is 10.